The van der Waals surface area contributed by atoms with Gasteiger partial charge in [0.1, 0.15) is 0 Å². The highest BCUT2D eigenvalue weighted by atomic mass is 35.5. The lowest BCUT2D eigenvalue weighted by Crippen LogP contribution is -2.40. The second-order valence-electron chi connectivity index (χ2n) is 8.80. The Morgan fingerprint density at radius 1 is 1.07 bits per heavy atom. The molecule has 1 amide bonds. The maximum absolute atomic E-state index is 13.4. The van der Waals surface area contributed by atoms with E-state index in [1.165, 1.54) is 25.7 Å². The Hall–Kier alpha value is -2.10. The average Bonchev–Trinajstić information content (AvgIpc) is 3.38. The van der Waals surface area contributed by atoms with Crippen LogP contribution in [0.25, 0.3) is 22.2 Å². The normalized spacial score (nSPS) is 23.6. The lowest BCUT2D eigenvalue weighted by Gasteiger charge is -2.28. The third-order valence-corrected chi connectivity index (χ3v) is 7.71. The first-order valence-electron chi connectivity index (χ1n) is 10.7. The number of carbonyl (C=O) groups excluding carboxylic acids is 1. The number of fused-ring (bicyclic) bond motifs is 3. The second-order valence-corrected chi connectivity index (χ2v) is 9.62. The number of aromatic nitrogens is 1. The number of nitrogens with zero attached hydrogens (tertiary/aromatic N) is 1. The molecule has 3 nitrogen and oxygen atoms in total. The third kappa shape index (κ3) is 3.59. The predicted molar refractivity (Wildman–Crippen MR) is 123 cm³/mol. The molecule has 2 aliphatic carbocycles. The van der Waals surface area contributed by atoms with Gasteiger partial charge >= 0.3 is 0 Å². The minimum absolute atomic E-state index is 0.0369. The summed E-state index contributed by atoms with van der Waals surface area (Å²) in [4.78, 5) is 18.1. The highest BCUT2D eigenvalue weighted by Crippen LogP contribution is 2.49. The van der Waals surface area contributed by atoms with E-state index in [1.54, 1.807) is 12.1 Å². The van der Waals surface area contributed by atoms with E-state index in [0.717, 1.165) is 28.3 Å². The Labute approximate surface area is 186 Å². The fourth-order valence-corrected chi connectivity index (χ4v) is 5.76. The van der Waals surface area contributed by atoms with Gasteiger partial charge in [0.2, 0.25) is 0 Å². The third-order valence-electron chi connectivity index (χ3n) is 6.97. The topological polar surface area (TPSA) is 42.0 Å². The van der Waals surface area contributed by atoms with Crippen LogP contribution in [0.2, 0.25) is 10.0 Å². The molecule has 0 spiro atoms. The van der Waals surface area contributed by atoms with Crippen molar-refractivity contribution in [1.29, 1.82) is 0 Å². The van der Waals surface area contributed by atoms with E-state index in [2.05, 4.69) is 12.2 Å². The van der Waals surface area contributed by atoms with E-state index in [-0.39, 0.29) is 11.9 Å². The number of benzene rings is 2. The van der Waals surface area contributed by atoms with E-state index in [9.17, 15) is 4.79 Å². The fourth-order valence-electron chi connectivity index (χ4n) is 5.46. The lowest BCUT2D eigenvalue weighted by molar-refractivity contribution is 0.0917. The molecule has 30 heavy (non-hydrogen) atoms. The Balaban J connectivity index is 1.49. The van der Waals surface area contributed by atoms with Gasteiger partial charge < -0.3 is 5.32 Å². The first-order valence-corrected chi connectivity index (χ1v) is 11.4. The van der Waals surface area contributed by atoms with Gasteiger partial charge in [-0.2, -0.15) is 0 Å². The molecule has 0 unspecified atom stereocenters. The van der Waals surface area contributed by atoms with Gasteiger partial charge in [0, 0.05) is 17.0 Å². The van der Waals surface area contributed by atoms with E-state index in [4.69, 9.17) is 28.2 Å². The van der Waals surface area contributed by atoms with Crippen molar-refractivity contribution in [3.8, 4) is 11.3 Å². The Kier molecular flexibility index (Phi) is 5.20. The van der Waals surface area contributed by atoms with E-state index < -0.39 is 0 Å². The highest BCUT2D eigenvalue weighted by Gasteiger charge is 2.42. The monoisotopic (exact) mass is 438 g/mol. The molecule has 0 radical (unpaired) electrons. The molecule has 1 N–H and O–H groups in total. The fraction of sp³-hybridized carbons (Fsp3) is 0.360. The molecule has 1 heterocycles. The molecule has 4 atom stereocenters. The van der Waals surface area contributed by atoms with Gasteiger partial charge in [-0.15, -0.1) is 0 Å². The standard InChI is InChI=1S/C25H24Cl2N2O/c1-14(19-11-15-6-7-16(19)10-15)28-25(30)20-13-24(17-8-9-21(26)22(27)12-17)29-23-5-3-2-4-18(20)23/h2-5,8-9,12-16,19H,6-7,10-11H2,1H3,(H,28,30)/t14-,15+,16+,19+/m0/s1. The molecular formula is C25H24Cl2N2O. The predicted octanol–water partition coefficient (Wildman–Crippen LogP) is 6.76. The van der Waals surface area contributed by atoms with Gasteiger partial charge in [-0.25, -0.2) is 4.98 Å². The van der Waals surface area contributed by atoms with Gasteiger partial charge in [-0.3, -0.25) is 4.79 Å². The summed E-state index contributed by atoms with van der Waals surface area (Å²) >= 11 is 12.3. The summed E-state index contributed by atoms with van der Waals surface area (Å²) in [7, 11) is 0. The summed E-state index contributed by atoms with van der Waals surface area (Å²) in [6.07, 6.45) is 5.27. The zero-order chi connectivity index (χ0) is 20.8. The summed E-state index contributed by atoms with van der Waals surface area (Å²) < 4.78 is 0. The highest BCUT2D eigenvalue weighted by molar-refractivity contribution is 6.42. The number of pyridine rings is 1. The van der Waals surface area contributed by atoms with Gasteiger partial charge in [0.05, 0.1) is 26.8 Å². The SMILES string of the molecule is C[C@H](NC(=O)c1cc(-c2ccc(Cl)c(Cl)c2)nc2ccccc12)[C@H]1C[C@@H]2CC[C@@H]1C2. The molecule has 0 aliphatic heterocycles. The number of para-hydroxylation sites is 1. The molecule has 5 rings (SSSR count). The summed E-state index contributed by atoms with van der Waals surface area (Å²) in [6, 6.07) is 15.2. The van der Waals surface area contributed by atoms with Gasteiger partial charge in [0.15, 0.2) is 0 Å². The van der Waals surface area contributed by atoms with E-state index in [1.807, 2.05) is 36.4 Å². The number of halogens is 2. The van der Waals surface area contributed by atoms with Crippen LogP contribution in [0.1, 0.15) is 43.0 Å². The van der Waals surface area contributed by atoms with Gasteiger partial charge in [-0.05, 0) is 68.2 Å². The van der Waals surface area contributed by atoms with Crippen LogP contribution in [0.4, 0.5) is 0 Å². The summed E-state index contributed by atoms with van der Waals surface area (Å²) in [5, 5.41) is 5.13. The number of amides is 1. The molecule has 3 aromatic rings. The molecule has 2 aliphatic rings. The van der Waals surface area contributed by atoms with Crippen molar-refractivity contribution in [1.82, 2.24) is 10.3 Å². The molecule has 2 bridgehead atoms. The number of nitrogens with one attached hydrogen (secondary N) is 1. The minimum atomic E-state index is -0.0369. The molecule has 154 valence electrons. The van der Waals surface area contributed by atoms with Crippen molar-refractivity contribution in [2.24, 2.45) is 17.8 Å². The van der Waals surface area contributed by atoms with Crippen molar-refractivity contribution in [2.75, 3.05) is 0 Å². The quantitative estimate of drug-likeness (QED) is 0.488. The van der Waals surface area contributed by atoms with Crippen molar-refractivity contribution in [3.05, 3.63) is 64.1 Å². The molecule has 2 aromatic carbocycles. The van der Waals surface area contributed by atoms with Crippen LogP contribution >= 0.6 is 23.2 Å². The van der Waals surface area contributed by atoms with E-state index >= 15 is 0 Å². The Morgan fingerprint density at radius 2 is 1.90 bits per heavy atom. The Bertz CT molecular complexity index is 1130. The molecule has 2 fully saturated rings. The number of carbonyl (C=O) groups is 1. The van der Waals surface area contributed by atoms with Crippen LogP contribution in [0.3, 0.4) is 0 Å². The number of rotatable bonds is 4. The number of hydrogen-bond acceptors (Lipinski definition) is 2. The van der Waals surface area contributed by atoms with Crippen molar-refractivity contribution in [2.45, 2.75) is 38.6 Å². The Morgan fingerprint density at radius 3 is 2.63 bits per heavy atom. The van der Waals surface area contributed by atoms with E-state index in [0.29, 0.717) is 27.2 Å². The first kappa shape index (κ1) is 19.8. The molecular weight excluding hydrogens is 415 g/mol. The minimum Gasteiger partial charge on any atom is -0.349 e. The summed E-state index contributed by atoms with van der Waals surface area (Å²) in [5.74, 6) is 2.19. The van der Waals surface area contributed by atoms with Crippen LogP contribution < -0.4 is 5.32 Å². The van der Waals surface area contributed by atoms with Crippen LogP contribution in [-0.2, 0) is 0 Å². The maximum atomic E-state index is 13.4. The number of hydrogen-bond donors (Lipinski definition) is 1. The summed E-state index contributed by atoms with van der Waals surface area (Å²) in [6.45, 7) is 2.16. The maximum Gasteiger partial charge on any atom is 0.252 e. The second kappa shape index (κ2) is 7.86. The average molecular weight is 439 g/mol. The molecule has 2 saturated carbocycles. The molecule has 5 heteroatoms. The van der Waals surface area contributed by atoms with Crippen LogP contribution in [0.5, 0.6) is 0 Å². The van der Waals surface area contributed by atoms with Crippen molar-refractivity contribution >= 4 is 40.0 Å². The smallest absolute Gasteiger partial charge is 0.252 e. The van der Waals surface area contributed by atoms with Gasteiger partial charge in [0.25, 0.3) is 5.91 Å². The largest absolute Gasteiger partial charge is 0.349 e. The van der Waals surface area contributed by atoms with Gasteiger partial charge in [-0.1, -0.05) is 53.9 Å². The first-order chi connectivity index (χ1) is 14.5. The van der Waals surface area contributed by atoms with Crippen LogP contribution in [-0.4, -0.2) is 16.9 Å². The molecule has 1 aromatic heterocycles. The lowest BCUT2D eigenvalue weighted by atomic mass is 9.84. The van der Waals surface area contributed by atoms with Crippen LogP contribution in [0, 0.1) is 17.8 Å². The van der Waals surface area contributed by atoms with Crippen molar-refractivity contribution in [3.63, 3.8) is 0 Å². The zero-order valence-corrected chi connectivity index (χ0v) is 18.4. The zero-order valence-electron chi connectivity index (χ0n) is 16.9. The van der Waals surface area contributed by atoms with Crippen LogP contribution in [0.15, 0.2) is 48.5 Å². The van der Waals surface area contributed by atoms with Crippen molar-refractivity contribution < 1.29 is 4.79 Å². The summed E-state index contributed by atoms with van der Waals surface area (Å²) in [5.41, 5.74) is 2.99. The molecule has 0 saturated heterocycles.